The van der Waals surface area contributed by atoms with E-state index >= 15 is 0 Å². The lowest BCUT2D eigenvalue weighted by Gasteiger charge is -2.06. The molecule has 2 aromatic rings. The van der Waals surface area contributed by atoms with Gasteiger partial charge in [0, 0.05) is 10.2 Å². The second kappa shape index (κ2) is 5.32. The maximum Gasteiger partial charge on any atom is 0.356 e. The van der Waals surface area contributed by atoms with E-state index in [1.165, 1.54) is 12.1 Å². The van der Waals surface area contributed by atoms with E-state index in [-0.39, 0.29) is 5.69 Å². The average Bonchev–Trinajstić information content (AvgIpc) is 2.34. The molecule has 0 aliphatic rings. The Bertz CT molecular complexity index is 589. The van der Waals surface area contributed by atoms with Crippen LogP contribution in [0, 0.1) is 0 Å². The standard InChI is InChI=1S/C11H7BrClN3O2/c12-7-2-1-6(5-8(7)13)14-10-4-3-9(11(17)18)15-16-10/h1-5H,(H,14,16)(H,17,18). The molecule has 18 heavy (non-hydrogen) atoms. The molecule has 1 heterocycles. The van der Waals surface area contributed by atoms with Crippen LogP contribution in [0.25, 0.3) is 0 Å². The van der Waals surface area contributed by atoms with Crippen LogP contribution in [0.2, 0.25) is 5.02 Å². The Morgan fingerprint density at radius 1 is 1.28 bits per heavy atom. The van der Waals surface area contributed by atoms with Crippen LogP contribution in [0.15, 0.2) is 34.8 Å². The third kappa shape index (κ3) is 2.96. The normalized spacial score (nSPS) is 10.1. The van der Waals surface area contributed by atoms with Crippen molar-refractivity contribution in [2.45, 2.75) is 0 Å². The van der Waals surface area contributed by atoms with E-state index in [1.807, 2.05) is 6.07 Å². The Morgan fingerprint density at radius 3 is 2.61 bits per heavy atom. The van der Waals surface area contributed by atoms with Crippen molar-refractivity contribution in [2.24, 2.45) is 0 Å². The van der Waals surface area contributed by atoms with Crippen molar-refractivity contribution < 1.29 is 9.90 Å². The third-order valence-electron chi connectivity index (χ3n) is 2.08. The molecular formula is C11H7BrClN3O2. The fourth-order valence-corrected chi connectivity index (χ4v) is 1.66. The zero-order valence-corrected chi connectivity index (χ0v) is 11.2. The maximum atomic E-state index is 10.6. The van der Waals surface area contributed by atoms with Crippen LogP contribution < -0.4 is 5.32 Å². The van der Waals surface area contributed by atoms with Crippen LogP contribution in [0.5, 0.6) is 0 Å². The minimum absolute atomic E-state index is 0.102. The highest BCUT2D eigenvalue weighted by atomic mass is 79.9. The number of hydrogen-bond acceptors (Lipinski definition) is 4. The largest absolute Gasteiger partial charge is 0.476 e. The lowest BCUT2D eigenvalue weighted by atomic mass is 10.3. The maximum absolute atomic E-state index is 10.6. The van der Waals surface area contributed by atoms with Crippen molar-refractivity contribution in [1.82, 2.24) is 10.2 Å². The van der Waals surface area contributed by atoms with E-state index in [1.54, 1.807) is 12.1 Å². The van der Waals surface area contributed by atoms with E-state index in [0.717, 1.165) is 10.2 Å². The summed E-state index contributed by atoms with van der Waals surface area (Å²) in [6.07, 6.45) is 0. The van der Waals surface area contributed by atoms with Crippen molar-refractivity contribution >= 4 is 45.0 Å². The Labute approximate surface area is 116 Å². The highest BCUT2D eigenvalue weighted by molar-refractivity contribution is 9.10. The number of anilines is 2. The molecule has 0 aliphatic heterocycles. The molecule has 0 amide bonds. The number of halogens is 2. The Hall–Kier alpha value is -1.66. The zero-order chi connectivity index (χ0) is 13.1. The van der Waals surface area contributed by atoms with Gasteiger partial charge in [0.05, 0.1) is 5.02 Å². The highest BCUT2D eigenvalue weighted by Gasteiger charge is 2.05. The van der Waals surface area contributed by atoms with Gasteiger partial charge >= 0.3 is 5.97 Å². The van der Waals surface area contributed by atoms with E-state index in [0.29, 0.717) is 10.8 Å². The third-order valence-corrected chi connectivity index (χ3v) is 3.31. The van der Waals surface area contributed by atoms with Crippen LogP contribution in [0.1, 0.15) is 10.5 Å². The summed E-state index contributed by atoms with van der Waals surface area (Å²) in [6, 6.07) is 8.23. The van der Waals surface area contributed by atoms with E-state index in [4.69, 9.17) is 16.7 Å². The van der Waals surface area contributed by atoms with Gasteiger partial charge in [0.15, 0.2) is 11.5 Å². The molecule has 2 rings (SSSR count). The van der Waals surface area contributed by atoms with Crippen LogP contribution >= 0.6 is 27.5 Å². The first-order valence-corrected chi connectivity index (χ1v) is 6.02. The monoisotopic (exact) mass is 327 g/mol. The molecular weight excluding hydrogens is 321 g/mol. The molecule has 0 bridgehead atoms. The summed E-state index contributed by atoms with van der Waals surface area (Å²) in [4.78, 5) is 10.6. The van der Waals surface area contributed by atoms with Gasteiger partial charge in [0.25, 0.3) is 0 Å². The molecule has 0 saturated carbocycles. The number of nitrogens with zero attached hydrogens (tertiary/aromatic N) is 2. The number of carboxylic acids is 1. The first-order chi connectivity index (χ1) is 8.56. The summed E-state index contributed by atoms with van der Waals surface area (Å²) in [5.74, 6) is -0.667. The van der Waals surface area contributed by atoms with Gasteiger partial charge in [-0.3, -0.25) is 0 Å². The summed E-state index contributed by atoms with van der Waals surface area (Å²) >= 11 is 9.23. The molecule has 0 aliphatic carbocycles. The molecule has 2 N–H and O–H groups in total. The van der Waals surface area contributed by atoms with Crippen molar-refractivity contribution in [2.75, 3.05) is 5.32 Å². The van der Waals surface area contributed by atoms with E-state index < -0.39 is 5.97 Å². The van der Waals surface area contributed by atoms with Crippen molar-refractivity contribution in [3.63, 3.8) is 0 Å². The zero-order valence-electron chi connectivity index (χ0n) is 8.89. The first kappa shape index (κ1) is 12.8. The Kier molecular flexibility index (Phi) is 3.78. The van der Waals surface area contributed by atoms with Gasteiger partial charge in [0.2, 0.25) is 0 Å². The highest BCUT2D eigenvalue weighted by Crippen LogP contribution is 2.26. The lowest BCUT2D eigenvalue weighted by Crippen LogP contribution is -2.03. The number of aromatic carboxylic acids is 1. The number of rotatable bonds is 3. The van der Waals surface area contributed by atoms with Crippen LogP contribution in [-0.2, 0) is 0 Å². The topological polar surface area (TPSA) is 75.1 Å². The van der Waals surface area contributed by atoms with Gasteiger partial charge in [-0.05, 0) is 46.3 Å². The predicted octanol–water partition coefficient (Wildman–Crippen LogP) is 3.33. The molecule has 0 fully saturated rings. The summed E-state index contributed by atoms with van der Waals surface area (Å²) in [5, 5.41) is 19.5. The number of hydrogen-bond donors (Lipinski definition) is 2. The summed E-state index contributed by atoms with van der Waals surface area (Å²) in [7, 11) is 0. The Morgan fingerprint density at radius 2 is 2.06 bits per heavy atom. The van der Waals surface area contributed by atoms with Gasteiger partial charge in [-0.2, -0.15) is 0 Å². The van der Waals surface area contributed by atoms with Crippen LogP contribution in [-0.4, -0.2) is 21.3 Å². The molecule has 1 aromatic carbocycles. The number of nitrogens with one attached hydrogen (secondary N) is 1. The van der Waals surface area contributed by atoms with Crippen molar-refractivity contribution in [1.29, 1.82) is 0 Å². The fourth-order valence-electron chi connectivity index (χ4n) is 1.23. The fraction of sp³-hybridized carbons (Fsp3) is 0. The quantitative estimate of drug-likeness (QED) is 0.904. The molecule has 0 radical (unpaired) electrons. The number of benzene rings is 1. The Balaban J connectivity index is 2.18. The molecule has 0 atom stereocenters. The number of carboxylic acid groups (broad SMARTS) is 1. The SMILES string of the molecule is O=C(O)c1ccc(Nc2ccc(Br)c(Cl)c2)nn1. The van der Waals surface area contributed by atoms with Gasteiger partial charge in [-0.1, -0.05) is 11.6 Å². The van der Waals surface area contributed by atoms with Crippen molar-refractivity contribution in [3.8, 4) is 0 Å². The second-order valence-electron chi connectivity index (χ2n) is 3.36. The number of aromatic nitrogens is 2. The number of carbonyl (C=O) groups is 1. The summed E-state index contributed by atoms with van der Waals surface area (Å²) in [6.45, 7) is 0. The van der Waals surface area contributed by atoms with Gasteiger partial charge in [0.1, 0.15) is 0 Å². The molecule has 7 heteroatoms. The van der Waals surface area contributed by atoms with E-state index in [9.17, 15) is 4.79 Å². The summed E-state index contributed by atoms with van der Waals surface area (Å²) < 4.78 is 0.794. The molecule has 1 aromatic heterocycles. The molecule has 5 nitrogen and oxygen atoms in total. The van der Waals surface area contributed by atoms with Gasteiger partial charge in [-0.15, -0.1) is 10.2 Å². The minimum atomic E-state index is -1.11. The molecule has 92 valence electrons. The van der Waals surface area contributed by atoms with E-state index in [2.05, 4.69) is 31.4 Å². The second-order valence-corrected chi connectivity index (χ2v) is 4.62. The van der Waals surface area contributed by atoms with Crippen molar-refractivity contribution in [3.05, 3.63) is 45.5 Å². The minimum Gasteiger partial charge on any atom is -0.476 e. The molecule has 0 saturated heterocycles. The van der Waals surface area contributed by atoms with Gasteiger partial charge in [-0.25, -0.2) is 4.79 Å². The van der Waals surface area contributed by atoms with Gasteiger partial charge < -0.3 is 10.4 Å². The lowest BCUT2D eigenvalue weighted by molar-refractivity contribution is 0.0689. The average molecular weight is 329 g/mol. The van der Waals surface area contributed by atoms with Crippen LogP contribution in [0.3, 0.4) is 0 Å². The molecule has 0 spiro atoms. The molecule has 0 unspecified atom stereocenters. The smallest absolute Gasteiger partial charge is 0.356 e. The van der Waals surface area contributed by atoms with Crippen LogP contribution in [0.4, 0.5) is 11.5 Å². The first-order valence-electron chi connectivity index (χ1n) is 4.85. The summed E-state index contributed by atoms with van der Waals surface area (Å²) in [5.41, 5.74) is 0.634. The predicted molar refractivity (Wildman–Crippen MR) is 71.4 cm³/mol.